The van der Waals surface area contributed by atoms with Gasteiger partial charge in [-0.3, -0.25) is 0 Å². The first kappa shape index (κ1) is 24.6. The van der Waals surface area contributed by atoms with Gasteiger partial charge < -0.3 is 24.3 Å². The lowest BCUT2D eigenvalue weighted by atomic mass is 10.2. The van der Waals surface area contributed by atoms with Crippen LogP contribution in [-0.4, -0.2) is 77.4 Å². The largest absolute Gasteiger partial charge is 0.487 e. The van der Waals surface area contributed by atoms with Crippen LogP contribution in [0.25, 0.3) is 10.9 Å². The van der Waals surface area contributed by atoms with E-state index in [1.807, 2.05) is 0 Å². The van der Waals surface area contributed by atoms with E-state index in [2.05, 4.69) is 15.3 Å². The van der Waals surface area contributed by atoms with Crippen molar-refractivity contribution in [2.45, 2.75) is 4.90 Å². The van der Waals surface area contributed by atoms with Crippen LogP contribution in [0.2, 0.25) is 0 Å². The highest BCUT2D eigenvalue weighted by Crippen LogP contribution is 2.36. The van der Waals surface area contributed by atoms with Crippen LogP contribution in [0.5, 0.6) is 11.5 Å². The Bertz CT molecular complexity index is 1190. The maximum absolute atomic E-state index is 12.8. The van der Waals surface area contributed by atoms with Gasteiger partial charge in [0.25, 0.3) is 0 Å². The maximum atomic E-state index is 12.8. The van der Waals surface area contributed by atoms with Crippen LogP contribution in [0.3, 0.4) is 0 Å². The third-order valence-electron chi connectivity index (χ3n) is 4.69. The summed E-state index contributed by atoms with van der Waals surface area (Å²) in [6.07, 6.45) is 1.40. The number of hydrogen-bond donors (Lipinski definition) is 1. The summed E-state index contributed by atoms with van der Waals surface area (Å²) in [6, 6.07) is 10.2. The number of sulfonamides is 1. The van der Waals surface area contributed by atoms with Crippen LogP contribution >= 0.6 is 0 Å². The number of rotatable bonds is 12. The molecular formula is C22H28N4O6S. The lowest BCUT2D eigenvalue weighted by molar-refractivity contribution is 0.132. The molecule has 1 heterocycles. The predicted octanol–water partition coefficient (Wildman–Crippen LogP) is 2.67. The number of aromatic nitrogens is 2. The molecule has 0 aliphatic rings. The van der Waals surface area contributed by atoms with E-state index < -0.39 is 10.0 Å². The Morgan fingerprint density at radius 2 is 1.55 bits per heavy atom. The maximum Gasteiger partial charge on any atom is 0.244 e. The van der Waals surface area contributed by atoms with Gasteiger partial charge in [-0.15, -0.1) is 0 Å². The molecule has 0 atom stereocenters. The van der Waals surface area contributed by atoms with Gasteiger partial charge in [0.1, 0.15) is 30.3 Å². The lowest BCUT2D eigenvalue weighted by Crippen LogP contribution is -2.23. The average molecular weight is 477 g/mol. The highest BCUT2D eigenvalue weighted by Gasteiger charge is 2.22. The minimum Gasteiger partial charge on any atom is -0.487 e. The Labute approximate surface area is 193 Å². The van der Waals surface area contributed by atoms with Gasteiger partial charge in [0, 0.05) is 39.8 Å². The normalized spacial score (nSPS) is 11.7. The molecule has 0 aliphatic heterocycles. The van der Waals surface area contributed by atoms with E-state index >= 15 is 0 Å². The Morgan fingerprint density at radius 1 is 0.909 bits per heavy atom. The Morgan fingerprint density at radius 3 is 2.18 bits per heavy atom. The summed E-state index contributed by atoms with van der Waals surface area (Å²) in [4.78, 5) is 8.82. The van der Waals surface area contributed by atoms with E-state index in [1.54, 1.807) is 50.6 Å². The van der Waals surface area contributed by atoms with Crippen molar-refractivity contribution in [3.8, 4) is 11.5 Å². The first-order chi connectivity index (χ1) is 15.9. The highest BCUT2D eigenvalue weighted by atomic mass is 32.2. The minimum absolute atomic E-state index is 0.137. The third-order valence-corrected chi connectivity index (χ3v) is 6.56. The number of fused-ring (bicyclic) bond motifs is 1. The van der Waals surface area contributed by atoms with Crippen LogP contribution in [0.1, 0.15) is 0 Å². The molecule has 2 aromatic carbocycles. The number of methoxy groups -OCH3 is 2. The van der Waals surface area contributed by atoms with Crippen LogP contribution in [0, 0.1) is 0 Å². The summed E-state index contributed by atoms with van der Waals surface area (Å²) in [5.74, 6) is 1.43. The van der Waals surface area contributed by atoms with Crippen molar-refractivity contribution in [3.05, 3.63) is 42.7 Å². The standard InChI is InChI=1S/C22H28N4O6S/c1-26(2)33(27,28)21-8-6-5-7-17(21)25-22-16-13-19(31-11-9-29-3)20(32-12-10-30-4)14-18(16)23-15-24-22/h5-8,13-15H,9-12H2,1-4H3,(H,23,24,25). The van der Waals surface area contributed by atoms with Crippen molar-refractivity contribution in [1.82, 2.24) is 14.3 Å². The molecule has 11 heteroatoms. The van der Waals surface area contributed by atoms with Crippen molar-refractivity contribution in [2.75, 3.05) is 60.1 Å². The zero-order chi connectivity index (χ0) is 23.8. The van der Waals surface area contributed by atoms with E-state index in [0.717, 1.165) is 4.31 Å². The predicted molar refractivity (Wildman–Crippen MR) is 125 cm³/mol. The van der Waals surface area contributed by atoms with Crippen LogP contribution in [0.15, 0.2) is 47.6 Å². The van der Waals surface area contributed by atoms with Gasteiger partial charge in [0.2, 0.25) is 10.0 Å². The second-order valence-electron chi connectivity index (χ2n) is 7.13. The molecule has 10 nitrogen and oxygen atoms in total. The number of para-hydroxylation sites is 1. The van der Waals surface area contributed by atoms with Crippen LogP contribution in [0.4, 0.5) is 11.5 Å². The number of anilines is 2. The molecule has 0 radical (unpaired) electrons. The quantitative estimate of drug-likeness (QED) is 0.394. The zero-order valence-corrected chi connectivity index (χ0v) is 19.9. The average Bonchev–Trinajstić information content (AvgIpc) is 2.80. The second kappa shape index (κ2) is 11.2. The van der Waals surface area contributed by atoms with Gasteiger partial charge in [0.05, 0.1) is 24.4 Å². The van der Waals surface area contributed by atoms with Crippen molar-refractivity contribution in [3.63, 3.8) is 0 Å². The lowest BCUT2D eigenvalue weighted by Gasteiger charge is -2.17. The van der Waals surface area contributed by atoms with E-state index in [0.29, 0.717) is 60.3 Å². The van der Waals surface area contributed by atoms with Gasteiger partial charge >= 0.3 is 0 Å². The van der Waals surface area contributed by atoms with E-state index in [-0.39, 0.29) is 4.90 Å². The first-order valence-corrected chi connectivity index (χ1v) is 11.6. The fourth-order valence-corrected chi connectivity index (χ4v) is 4.02. The summed E-state index contributed by atoms with van der Waals surface area (Å²) in [5.41, 5.74) is 1.00. The monoisotopic (exact) mass is 476 g/mol. The summed E-state index contributed by atoms with van der Waals surface area (Å²) in [7, 11) is 2.50. The van der Waals surface area contributed by atoms with Crippen LogP contribution in [-0.2, 0) is 19.5 Å². The highest BCUT2D eigenvalue weighted by molar-refractivity contribution is 7.89. The Kier molecular flexibility index (Phi) is 8.39. The summed E-state index contributed by atoms with van der Waals surface area (Å²) in [5, 5.41) is 3.78. The SMILES string of the molecule is COCCOc1cc2ncnc(Nc3ccccc3S(=O)(=O)N(C)C)c2cc1OCCOC. The summed E-state index contributed by atoms with van der Waals surface area (Å²) >= 11 is 0. The molecule has 1 N–H and O–H groups in total. The molecule has 0 saturated carbocycles. The molecule has 0 fully saturated rings. The van der Waals surface area contributed by atoms with Crippen molar-refractivity contribution < 1.29 is 27.4 Å². The Hall–Kier alpha value is -2.99. The molecule has 0 spiro atoms. The van der Waals surface area contributed by atoms with Crippen molar-refractivity contribution >= 4 is 32.4 Å². The number of ether oxygens (including phenoxy) is 4. The molecule has 0 saturated heterocycles. The molecular weight excluding hydrogens is 448 g/mol. The molecule has 33 heavy (non-hydrogen) atoms. The molecule has 3 rings (SSSR count). The second-order valence-corrected chi connectivity index (χ2v) is 9.25. The number of hydrogen-bond acceptors (Lipinski definition) is 9. The molecule has 0 bridgehead atoms. The topological polar surface area (TPSA) is 112 Å². The molecule has 0 unspecified atom stereocenters. The van der Waals surface area contributed by atoms with Gasteiger partial charge in [-0.2, -0.15) is 0 Å². The molecule has 1 aromatic heterocycles. The summed E-state index contributed by atoms with van der Waals surface area (Å²) in [6.45, 7) is 1.49. The van der Waals surface area contributed by atoms with Gasteiger partial charge in [-0.25, -0.2) is 22.7 Å². The fourth-order valence-electron chi connectivity index (χ4n) is 2.98. The fraction of sp³-hybridized carbons (Fsp3) is 0.364. The van der Waals surface area contributed by atoms with Crippen LogP contribution < -0.4 is 14.8 Å². The number of benzene rings is 2. The van der Waals surface area contributed by atoms with Crippen molar-refractivity contribution in [2.24, 2.45) is 0 Å². The van der Waals surface area contributed by atoms with Crippen molar-refractivity contribution in [1.29, 1.82) is 0 Å². The van der Waals surface area contributed by atoms with E-state index in [1.165, 1.54) is 20.4 Å². The van der Waals surface area contributed by atoms with Gasteiger partial charge in [-0.05, 0) is 18.2 Å². The molecule has 0 aliphatic carbocycles. The number of nitrogens with zero attached hydrogens (tertiary/aromatic N) is 3. The van der Waals surface area contributed by atoms with E-state index in [9.17, 15) is 8.42 Å². The summed E-state index contributed by atoms with van der Waals surface area (Å²) < 4.78 is 48.5. The third kappa shape index (κ3) is 5.88. The zero-order valence-electron chi connectivity index (χ0n) is 19.1. The van der Waals surface area contributed by atoms with Gasteiger partial charge in [-0.1, -0.05) is 12.1 Å². The minimum atomic E-state index is -3.67. The number of nitrogens with one attached hydrogen (secondary N) is 1. The smallest absolute Gasteiger partial charge is 0.244 e. The van der Waals surface area contributed by atoms with Gasteiger partial charge in [0.15, 0.2) is 11.5 Å². The Balaban J connectivity index is 2.04. The molecule has 3 aromatic rings. The molecule has 0 amide bonds. The van der Waals surface area contributed by atoms with E-state index in [4.69, 9.17) is 18.9 Å². The first-order valence-electron chi connectivity index (χ1n) is 10.2. The molecule has 178 valence electrons.